The number of halogens is 3. The standard InChI is InChI=1S/C15H17ClF2N2S/c1-9(16)14-19-11-5-4-10(17)12(18)13(11)20(14)8-15(2)6-3-7-21-15/h4-5,9H,3,6-8H2,1-2H3. The van der Waals surface area contributed by atoms with Gasteiger partial charge in [-0.1, -0.05) is 0 Å². The van der Waals surface area contributed by atoms with Crippen LogP contribution in [0.1, 0.15) is 37.9 Å². The van der Waals surface area contributed by atoms with Crippen molar-refractivity contribution >= 4 is 34.4 Å². The molecule has 6 heteroatoms. The molecule has 2 unspecified atom stereocenters. The van der Waals surface area contributed by atoms with Crippen LogP contribution in [0.15, 0.2) is 12.1 Å². The lowest BCUT2D eigenvalue weighted by atomic mass is 10.1. The Balaban J connectivity index is 2.17. The van der Waals surface area contributed by atoms with E-state index in [1.54, 1.807) is 11.5 Å². The van der Waals surface area contributed by atoms with Gasteiger partial charge in [0.05, 0.1) is 10.9 Å². The molecule has 1 fully saturated rings. The first-order valence-corrected chi connectivity index (χ1v) is 8.46. The summed E-state index contributed by atoms with van der Waals surface area (Å²) < 4.78 is 29.6. The van der Waals surface area contributed by atoms with E-state index in [-0.39, 0.29) is 15.6 Å². The van der Waals surface area contributed by atoms with E-state index in [1.165, 1.54) is 6.07 Å². The minimum atomic E-state index is -0.846. The number of rotatable bonds is 3. The van der Waals surface area contributed by atoms with Crippen LogP contribution >= 0.6 is 23.4 Å². The molecule has 1 aliphatic heterocycles. The molecule has 0 radical (unpaired) electrons. The van der Waals surface area contributed by atoms with Crippen molar-refractivity contribution < 1.29 is 8.78 Å². The Morgan fingerprint density at radius 1 is 1.48 bits per heavy atom. The van der Waals surface area contributed by atoms with Gasteiger partial charge < -0.3 is 4.57 Å². The zero-order valence-electron chi connectivity index (χ0n) is 12.0. The van der Waals surface area contributed by atoms with Crippen LogP contribution < -0.4 is 0 Å². The van der Waals surface area contributed by atoms with Crippen molar-refractivity contribution in [3.05, 3.63) is 29.6 Å². The van der Waals surface area contributed by atoms with Crippen molar-refractivity contribution in [2.75, 3.05) is 5.75 Å². The molecule has 1 saturated heterocycles. The maximum atomic E-state index is 14.2. The summed E-state index contributed by atoms with van der Waals surface area (Å²) in [4.78, 5) is 4.40. The molecule has 0 bridgehead atoms. The summed E-state index contributed by atoms with van der Waals surface area (Å²) in [6.45, 7) is 4.56. The number of aromatic nitrogens is 2. The zero-order valence-corrected chi connectivity index (χ0v) is 13.6. The van der Waals surface area contributed by atoms with E-state index in [0.717, 1.165) is 24.7 Å². The zero-order chi connectivity index (χ0) is 15.2. The quantitative estimate of drug-likeness (QED) is 0.745. The molecule has 21 heavy (non-hydrogen) atoms. The highest BCUT2D eigenvalue weighted by atomic mass is 35.5. The fraction of sp³-hybridized carbons (Fsp3) is 0.533. The maximum absolute atomic E-state index is 14.2. The third kappa shape index (κ3) is 2.66. The highest BCUT2D eigenvalue weighted by Crippen LogP contribution is 2.41. The molecule has 1 aromatic heterocycles. The van der Waals surface area contributed by atoms with E-state index >= 15 is 0 Å². The Morgan fingerprint density at radius 3 is 2.86 bits per heavy atom. The number of thioether (sulfide) groups is 1. The summed E-state index contributed by atoms with van der Waals surface area (Å²) in [5.41, 5.74) is 0.689. The molecule has 2 heterocycles. The van der Waals surface area contributed by atoms with Gasteiger partial charge in [-0.3, -0.25) is 0 Å². The van der Waals surface area contributed by atoms with Crippen molar-refractivity contribution in [1.82, 2.24) is 9.55 Å². The van der Waals surface area contributed by atoms with Crippen LogP contribution in [0.25, 0.3) is 11.0 Å². The van der Waals surface area contributed by atoms with Crippen LogP contribution in [0.5, 0.6) is 0 Å². The van der Waals surface area contributed by atoms with Gasteiger partial charge >= 0.3 is 0 Å². The molecule has 2 nitrogen and oxygen atoms in total. The second kappa shape index (κ2) is 5.43. The highest BCUT2D eigenvalue weighted by Gasteiger charge is 2.32. The molecule has 0 spiro atoms. The summed E-state index contributed by atoms with van der Waals surface area (Å²) in [7, 11) is 0. The molecule has 1 aliphatic rings. The van der Waals surface area contributed by atoms with Crippen LogP contribution in [0.4, 0.5) is 8.78 Å². The lowest BCUT2D eigenvalue weighted by molar-refractivity contribution is 0.486. The predicted molar refractivity (Wildman–Crippen MR) is 84.0 cm³/mol. The molecule has 0 amide bonds. The second-order valence-corrected chi connectivity index (χ2v) is 8.14. The van der Waals surface area contributed by atoms with E-state index in [9.17, 15) is 8.78 Å². The summed E-state index contributed by atoms with van der Waals surface area (Å²) in [5.74, 6) is 0.0212. The number of benzene rings is 1. The molecule has 2 atom stereocenters. The first-order chi connectivity index (χ1) is 9.91. The number of hydrogen-bond acceptors (Lipinski definition) is 2. The Labute approximate surface area is 131 Å². The minimum absolute atomic E-state index is 0.0208. The Hall–Kier alpha value is -0.810. The van der Waals surface area contributed by atoms with Crippen molar-refractivity contribution in [3.8, 4) is 0 Å². The molecule has 1 aromatic carbocycles. The molecule has 0 aliphatic carbocycles. The summed E-state index contributed by atoms with van der Waals surface area (Å²) in [5, 5.41) is -0.352. The SMILES string of the molecule is CC(Cl)c1nc2ccc(F)c(F)c2n1CC1(C)CCCS1. The first-order valence-electron chi connectivity index (χ1n) is 7.03. The van der Waals surface area contributed by atoms with E-state index in [0.29, 0.717) is 17.9 Å². The van der Waals surface area contributed by atoms with Crippen molar-refractivity contribution in [3.63, 3.8) is 0 Å². The Bertz CT molecular complexity index is 678. The lowest BCUT2D eigenvalue weighted by Gasteiger charge is -2.25. The van der Waals surface area contributed by atoms with Crippen LogP contribution in [0, 0.1) is 11.6 Å². The fourth-order valence-corrected chi connectivity index (χ4v) is 4.39. The smallest absolute Gasteiger partial charge is 0.184 e. The third-order valence-corrected chi connectivity index (χ3v) is 5.70. The molecule has 0 N–H and O–H groups in total. The maximum Gasteiger partial charge on any atom is 0.184 e. The minimum Gasteiger partial charge on any atom is -0.323 e. The Kier molecular flexibility index (Phi) is 3.91. The number of alkyl halides is 1. The van der Waals surface area contributed by atoms with Crippen LogP contribution in [-0.2, 0) is 6.54 Å². The first kappa shape index (κ1) is 15.1. The monoisotopic (exact) mass is 330 g/mol. The summed E-state index contributed by atoms with van der Waals surface area (Å²) in [6.07, 6.45) is 2.21. The molecule has 3 rings (SSSR count). The molecular weight excluding hydrogens is 314 g/mol. The van der Waals surface area contributed by atoms with E-state index in [2.05, 4.69) is 11.9 Å². The van der Waals surface area contributed by atoms with Gasteiger partial charge in [-0.05, 0) is 44.6 Å². The van der Waals surface area contributed by atoms with Crippen molar-refractivity contribution in [2.24, 2.45) is 0 Å². The average molecular weight is 331 g/mol. The highest BCUT2D eigenvalue weighted by molar-refractivity contribution is 8.00. The van der Waals surface area contributed by atoms with Gasteiger partial charge in [0.25, 0.3) is 0 Å². The molecule has 2 aromatic rings. The van der Waals surface area contributed by atoms with Gasteiger partial charge in [-0.25, -0.2) is 13.8 Å². The lowest BCUT2D eigenvalue weighted by Crippen LogP contribution is -2.25. The van der Waals surface area contributed by atoms with E-state index < -0.39 is 11.6 Å². The number of hydrogen-bond donors (Lipinski definition) is 0. The van der Waals surface area contributed by atoms with Crippen LogP contribution in [0.2, 0.25) is 0 Å². The predicted octanol–water partition coefficient (Wildman–Crippen LogP) is 4.90. The molecule has 114 valence electrons. The van der Waals surface area contributed by atoms with E-state index in [1.807, 2.05) is 11.8 Å². The van der Waals surface area contributed by atoms with Gasteiger partial charge in [0, 0.05) is 11.3 Å². The molecular formula is C15H17ClF2N2S. The van der Waals surface area contributed by atoms with E-state index in [4.69, 9.17) is 11.6 Å². The van der Waals surface area contributed by atoms with Gasteiger partial charge in [-0.2, -0.15) is 11.8 Å². The van der Waals surface area contributed by atoms with Crippen molar-refractivity contribution in [1.29, 1.82) is 0 Å². The molecule has 0 saturated carbocycles. The fourth-order valence-electron chi connectivity index (χ4n) is 2.93. The normalized spacial score (nSPS) is 23.9. The number of fused-ring (bicyclic) bond motifs is 1. The Morgan fingerprint density at radius 2 is 2.24 bits per heavy atom. The van der Waals surface area contributed by atoms with Crippen molar-refractivity contribution in [2.45, 2.75) is 43.4 Å². The second-order valence-electron chi connectivity index (χ2n) is 5.80. The van der Waals surface area contributed by atoms with Gasteiger partial charge in [0.2, 0.25) is 0 Å². The van der Waals surface area contributed by atoms with Gasteiger partial charge in [0.15, 0.2) is 11.6 Å². The third-order valence-electron chi connectivity index (χ3n) is 3.98. The number of imidazole rings is 1. The van der Waals surface area contributed by atoms with Crippen LogP contribution in [0.3, 0.4) is 0 Å². The summed E-state index contributed by atoms with van der Waals surface area (Å²) >= 11 is 8.07. The average Bonchev–Trinajstić information content (AvgIpc) is 2.99. The van der Waals surface area contributed by atoms with Gasteiger partial charge in [-0.15, -0.1) is 11.6 Å². The number of nitrogens with zero attached hydrogens (tertiary/aromatic N) is 2. The topological polar surface area (TPSA) is 17.8 Å². The van der Waals surface area contributed by atoms with Crippen LogP contribution in [-0.4, -0.2) is 20.1 Å². The van der Waals surface area contributed by atoms with Gasteiger partial charge in [0.1, 0.15) is 11.3 Å². The largest absolute Gasteiger partial charge is 0.323 e. The summed E-state index contributed by atoms with van der Waals surface area (Å²) in [6, 6.07) is 2.63.